The first-order valence-corrected chi connectivity index (χ1v) is 7.47. The number of likely N-dealkylation sites (N-methyl/N-ethyl adjacent to an activating group) is 1. The van der Waals surface area contributed by atoms with Crippen LogP contribution in [0.3, 0.4) is 0 Å². The summed E-state index contributed by atoms with van der Waals surface area (Å²) < 4.78 is 5.71. The van der Waals surface area contributed by atoms with Crippen LogP contribution in [0.2, 0.25) is 0 Å². The van der Waals surface area contributed by atoms with Gasteiger partial charge in [-0.2, -0.15) is 5.26 Å². The van der Waals surface area contributed by atoms with Crippen molar-refractivity contribution in [2.45, 2.75) is 18.4 Å². The van der Waals surface area contributed by atoms with Crippen molar-refractivity contribution in [2.75, 3.05) is 14.2 Å². The molecule has 0 radical (unpaired) electrons. The summed E-state index contributed by atoms with van der Waals surface area (Å²) >= 11 is 3.38. The molecule has 114 valence electrons. The average Bonchev–Trinajstić information content (AvgIpc) is 2.85. The fourth-order valence-corrected chi connectivity index (χ4v) is 3.34. The molecule has 1 aliphatic rings. The monoisotopic (exact) mass is 361 g/mol. The Morgan fingerprint density at radius 3 is 2.91 bits per heavy atom. The number of carbonyl (C=O) groups is 1. The van der Waals surface area contributed by atoms with E-state index in [0.717, 1.165) is 11.3 Å². The van der Waals surface area contributed by atoms with E-state index in [4.69, 9.17) is 10.00 Å². The quantitative estimate of drug-likeness (QED) is 0.613. The number of allylic oxidation sites excluding steroid dienone is 1. The predicted octanol–water partition coefficient (Wildman–Crippen LogP) is 2.96. The van der Waals surface area contributed by atoms with Crippen LogP contribution in [0.5, 0.6) is 0 Å². The number of aliphatic imine (C=N–C) groups is 1. The van der Waals surface area contributed by atoms with Gasteiger partial charge in [0.25, 0.3) is 0 Å². The van der Waals surface area contributed by atoms with Crippen molar-refractivity contribution in [2.24, 2.45) is 4.99 Å². The summed E-state index contributed by atoms with van der Waals surface area (Å²) in [5.41, 5.74) is 1.30. The van der Waals surface area contributed by atoms with Crippen LogP contribution in [-0.4, -0.2) is 31.7 Å². The summed E-state index contributed by atoms with van der Waals surface area (Å²) in [7, 11) is 3.22. The lowest BCUT2D eigenvalue weighted by atomic mass is 9.87. The van der Waals surface area contributed by atoms with Crippen LogP contribution in [-0.2, 0) is 15.1 Å². The average molecular weight is 362 g/mol. The van der Waals surface area contributed by atoms with E-state index in [0.29, 0.717) is 22.9 Å². The molecule has 1 heterocycles. The highest BCUT2D eigenvalue weighted by molar-refractivity contribution is 9.10. The number of nitrogens with zero attached hydrogens (tertiary/aromatic N) is 3. The van der Waals surface area contributed by atoms with Crippen molar-refractivity contribution < 1.29 is 9.53 Å². The van der Waals surface area contributed by atoms with Gasteiger partial charge in [-0.05, 0) is 53.2 Å². The molecule has 1 fully saturated rings. The Labute approximate surface area is 138 Å². The molecule has 1 aromatic carbocycles. The van der Waals surface area contributed by atoms with Crippen LogP contribution in [0, 0.1) is 11.3 Å². The number of halogens is 1. The Morgan fingerprint density at radius 1 is 1.64 bits per heavy atom. The van der Waals surface area contributed by atoms with Crippen LogP contribution in [0.1, 0.15) is 24.0 Å². The van der Waals surface area contributed by atoms with Crippen molar-refractivity contribution in [1.82, 2.24) is 4.90 Å². The first-order valence-electron chi connectivity index (χ1n) is 6.68. The maximum Gasteiger partial charge on any atom is 0.336 e. The van der Waals surface area contributed by atoms with E-state index in [1.165, 1.54) is 7.11 Å². The molecule has 1 atom stereocenters. The zero-order chi connectivity index (χ0) is 16.3. The van der Waals surface area contributed by atoms with E-state index < -0.39 is 5.54 Å². The number of hydrogen-bond acceptors (Lipinski definition) is 5. The summed E-state index contributed by atoms with van der Waals surface area (Å²) in [6, 6.07) is 7.39. The van der Waals surface area contributed by atoms with E-state index in [2.05, 4.69) is 33.7 Å². The SMILES string of the molecule is C=N/C=C1/CCC(C(=O)OC)(c2ccc(C#N)c(Br)c2)N1C. The van der Waals surface area contributed by atoms with Crippen molar-refractivity contribution in [1.29, 1.82) is 5.26 Å². The molecule has 5 nitrogen and oxygen atoms in total. The lowest BCUT2D eigenvalue weighted by molar-refractivity contribution is -0.152. The lowest BCUT2D eigenvalue weighted by Gasteiger charge is -2.35. The lowest BCUT2D eigenvalue weighted by Crippen LogP contribution is -2.46. The summed E-state index contributed by atoms with van der Waals surface area (Å²) in [5.74, 6) is -0.334. The van der Waals surface area contributed by atoms with Gasteiger partial charge < -0.3 is 9.64 Å². The van der Waals surface area contributed by atoms with Crippen LogP contribution in [0.25, 0.3) is 0 Å². The van der Waals surface area contributed by atoms with E-state index in [-0.39, 0.29) is 5.97 Å². The zero-order valence-corrected chi connectivity index (χ0v) is 14.1. The minimum atomic E-state index is -0.915. The van der Waals surface area contributed by atoms with Gasteiger partial charge in [0.1, 0.15) is 6.07 Å². The minimum Gasteiger partial charge on any atom is -0.467 e. The molecular formula is C16H16BrN3O2. The van der Waals surface area contributed by atoms with Gasteiger partial charge in [-0.15, -0.1) is 0 Å². The Kier molecular flexibility index (Phi) is 4.67. The molecule has 0 aliphatic carbocycles. The first kappa shape index (κ1) is 16.2. The molecule has 1 saturated heterocycles. The largest absolute Gasteiger partial charge is 0.467 e. The molecule has 0 spiro atoms. The van der Waals surface area contributed by atoms with Gasteiger partial charge >= 0.3 is 5.97 Å². The van der Waals surface area contributed by atoms with Gasteiger partial charge in [-0.3, -0.25) is 4.99 Å². The first-order chi connectivity index (χ1) is 10.5. The van der Waals surface area contributed by atoms with Crippen molar-refractivity contribution in [3.05, 3.63) is 45.7 Å². The Morgan fingerprint density at radius 2 is 2.36 bits per heavy atom. The second-order valence-corrected chi connectivity index (χ2v) is 5.87. The van der Waals surface area contributed by atoms with Crippen LogP contribution in [0.4, 0.5) is 0 Å². The summed E-state index contributed by atoms with van der Waals surface area (Å²) in [6.07, 6.45) is 2.93. The zero-order valence-electron chi connectivity index (χ0n) is 12.5. The third-order valence-corrected chi connectivity index (χ3v) is 4.73. The second-order valence-electron chi connectivity index (χ2n) is 5.02. The molecule has 1 aliphatic heterocycles. The van der Waals surface area contributed by atoms with Crippen LogP contribution >= 0.6 is 15.9 Å². The fraction of sp³-hybridized carbons (Fsp3) is 0.312. The number of hydrogen-bond donors (Lipinski definition) is 0. The molecule has 1 aromatic rings. The summed E-state index contributed by atoms with van der Waals surface area (Å²) in [6.45, 7) is 3.47. The number of likely N-dealkylation sites (tertiary alicyclic amines) is 1. The van der Waals surface area contributed by atoms with Gasteiger partial charge in [-0.1, -0.05) is 6.07 Å². The Bertz CT molecular complexity index is 693. The summed E-state index contributed by atoms with van der Waals surface area (Å²) in [4.78, 5) is 18.2. The van der Waals surface area contributed by atoms with E-state index in [9.17, 15) is 4.79 Å². The Balaban J connectivity index is 2.60. The molecule has 0 amide bonds. The standard InChI is InChI=1S/C16H16BrN3O2/c1-19-10-13-6-7-16(20(13)2,15(21)22-3)12-5-4-11(9-18)14(17)8-12/h4-5,8,10H,1,6-7H2,2-3H3/b13-10-. The third kappa shape index (κ3) is 2.42. The highest BCUT2D eigenvalue weighted by Crippen LogP contribution is 2.44. The molecule has 22 heavy (non-hydrogen) atoms. The molecule has 0 saturated carbocycles. The van der Waals surface area contributed by atoms with E-state index >= 15 is 0 Å². The van der Waals surface area contributed by atoms with E-state index in [1.807, 2.05) is 11.9 Å². The van der Waals surface area contributed by atoms with Gasteiger partial charge in [-0.25, -0.2) is 4.79 Å². The van der Waals surface area contributed by atoms with Gasteiger partial charge in [0.15, 0.2) is 5.54 Å². The molecule has 1 unspecified atom stereocenters. The number of benzene rings is 1. The number of rotatable bonds is 3. The van der Waals surface area contributed by atoms with Crippen LogP contribution < -0.4 is 0 Å². The number of carbonyl (C=O) groups excluding carboxylic acids is 1. The highest BCUT2D eigenvalue weighted by Gasteiger charge is 2.50. The van der Waals surface area contributed by atoms with Gasteiger partial charge in [0.05, 0.1) is 12.7 Å². The van der Waals surface area contributed by atoms with Gasteiger partial charge in [0.2, 0.25) is 0 Å². The van der Waals surface area contributed by atoms with Crippen LogP contribution in [0.15, 0.2) is 39.6 Å². The van der Waals surface area contributed by atoms with Crippen molar-refractivity contribution in [3.63, 3.8) is 0 Å². The molecular weight excluding hydrogens is 346 g/mol. The molecule has 0 N–H and O–H groups in total. The van der Waals surface area contributed by atoms with Gasteiger partial charge in [0, 0.05) is 23.4 Å². The summed E-state index contributed by atoms with van der Waals surface area (Å²) in [5, 5.41) is 9.05. The number of ether oxygens (including phenoxy) is 1. The third-order valence-electron chi connectivity index (χ3n) is 4.08. The number of esters is 1. The highest BCUT2D eigenvalue weighted by atomic mass is 79.9. The van der Waals surface area contributed by atoms with Crippen molar-refractivity contribution >= 4 is 28.6 Å². The normalized spacial score (nSPS) is 22.5. The molecule has 0 aromatic heterocycles. The number of nitriles is 1. The smallest absolute Gasteiger partial charge is 0.336 e. The Hall–Kier alpha value is -2.13. The topological polar surface area (TPSA) is 65.7 Å². The van der Waals surface area contributed by atoms with Crippen molar-refractivity contribution in [3.8, 4) is 6.07 Å². The fourth-order valence-electron chi connectivity index (χ4n) is 2.87. The van der Waals surface area contributed by atoms with E-state index in [1.54, 1.807) is 24.4 Å². The minimum absolute atomic E-state index is 0.334. The number of methoxy groups -OCH3 is 1. The maximum atomic E-state index is 12.5. The maximum absolute atomic E-state index is 12.5. The molecule has 0 bridgehead atoms. The second kappa shape index (κ2) is 6.32. The molecule has 6 heteroatoms. The molecule has 2 rings (SSSR count). The predicted molar refractivity (Wildman–Crippen MR) is 87.2 cm³/mol.